The highest BCUT2D eigenvalue weighted by atomic mass is 32.1. The Balaban J connectivity index is 1.71. The summed E-state index contributed by atoms with van der Waals surface area (Å²) in [5.41, 5.74) is 3.09. The van der Waals surface area contributed by atoms with E-state index in [-0.39, 0.29) is 23.6 Å². The van der Waals surface area contributed by atoms with E-state index in [1.54, 1.807) is 18.2 Å². The summed E-state index contributed by atoms with van der Waals surface area (Å²) in [6, 6.07) is 13.2. The maximum absolute atomic E-state index is 12.8. The number of hydrogen-bond donors (Lipinski definition) is 2. The first-order valence-corrected chi connectivity index (χ1v) is 9.62. The zero-order chi connectivity index (χ0) is 19.4. The van der Waals surface area contributed by atoms with E-state index in [0.29, 0.717) is 9.88 Å². The van der Waals surface area contributed by atoms with Crippen molar-refractivity contribution in [1.29, 1.82) is 0 Å². The number of amides is 2. The number of anilines is 1. The summed E-state index contributed by atoms with van der Waals surface area (Å²) >= 11 is 1.26. The zero-order valence-electron chi connectivity index (χ0n) is 15.5. The highest BCUT2D eigenvalue weighted by Crippen LogP contribution is 2.28. The van der Waals surface area contributed by atoms with Gasteiger partial charge in [0, 0.05) is 0 Å². The van der Waals surface area contributed by atoms with E-state index in [0.717, 1.165) is 17.5 Å². The van der Waals surface area contributed by atoms with Gasteiger partial charge in [0.1, 0.15) is 0 Å². The highest BCUT2D eigenvalue weighted by Gasteiger charge is 2.19. The van der Waals surface area contributed by atoms with Gasteiger partial charge < -0.3 is 15.1 Å². The van der Waals surface area contributed by atoms with Gasteiger partial charge in [-0.15, -0.1) is 11.3 Å². The molecule has 2 heterocycles. The van der Waals surface area contributed by atoms with Gasteiger partial charge in [0.25, 0.3) is 11.8 Å². The highest BCUT2D eigenvalue weighted by molar-refractivity contribution is 7.18. The molecule has 0 fully saturated rings. The van der Waals surface area contributed by atoms with Crippen molar-refractivity contribution in [2.24, 2.45) is 0 Å². The fourth-order valence-electron chi connectivity index (χ4n) is 2.79. The quantitative estimate of drug-likeness (QED) is 0.624. The van der Waals surface area contributed by atoms with Crippen molar-refractivity contribution in [2.45, 2.75) is 33.2 Å². The number of carbonyl (C=O) groups excluding carboxylic acids is 2. The van der Waals surface area contributed by atoms with Crippen molar-refractivity contribution in [1.82, 2.24) is 5.32 Å². The first kappa shape index (κ1) is 18.9. The number of carbonyl (C=O) groups is 2. The van der Waals surface area contributed by atoms with Gasteiger partial charge in [-0.05, 0) is 49.6 Å². The minimum Gasteiger partial charge on any atom is -0.459 e. The second-order valence-corrected chi connectivity index (χ2v) is 7.45. The lowest BCUT2D eigenvalue weighted by atomic mass is 10.0. The molecule has 6 heteroatoms. The number of nitrogens with one attached hydrogen (secondary N) is 2. The Kier molecular flexibility index (Phi) is 5.76. The summed E-state index contributed by atoms with van der Waals surface area (Å²) in [4.78, 5) is 25.5. The summed E-state index contributed by atoms with van der Waals surface area (Å²) in [5.74, 6) is -0.236. The third kappa shape index (κ3) is 4.46. The largest absolute Gasteiger partial charge is 0.459 e. The molecule has 1 atom stereocenters. The van der Waals surface area contributed by atoms with Crippen LogP contribution < -0.4 is 10.6 Å². The average Bonchev–Trinajstić information content (AvgIpc) is 3.30. The molecule has 2 N–H and O–H groups in total. The van der Waals surface area contributed by atoms with E-state index in [4.69, 9.17) is 4.42 Å². The molecule has 27 heavy (non-hydrogen) atoms. The van der Waals surface area contributed by atoms with Crippen LogP contribution in [0.5, 0.6) is 0 Å². The molecule has 0 aliphatic carbocycles. The van der Waals surface area contributed by atoms with E-state index in [9.17, 15) is 9.59 Å². The average molecular weight is 382 g/mol. The van der Waals surface area contributed by atoms with E-state index in [1.807, 2.05) is 45.0 Å². The van der Waals surface area contributed by atoms with Crippen LogP contribution in [-0.4, -0.2) is 11.8 Å². The van der Waals surface area contributed by atoms with Gasteiger partial charge in [-0.1, -0.05) is 36.8 Å². The van der Waals surface area contributed by atoms with Crippen LogP contribution in [0.25, 0.3) is 0 Å². The Morgan fingerprint density at radius 1 is 1.11 bits per heavy atom. The molecule has 0 bridgehead atoms. The van der Waals surface area contributed by atoms with Crippen molar-refractivity contribution >= 4 is 28.2 Å². The number of aryl methyl sites for hydroxylation is 2. The van der Waals surface area contributed by atoms with Crippen molar-refractivity contribution < 1.29 is 14.0 Å². The van der Waals surface area contributed by atoms with Crippen LogP contribution in [-0.2, 0) is 0 Å². The molecular formula is C21H22N2O3S. The third-order valence-electron chi connectivity index (χ3n) is 4.30. The van der Waals surface area contributed by atoms with Crippen LogP contribution in [0.1, 0.15) is 56.3 Å². The number of thiophene rings is 1. The van der Waals surface area contributed by atoms with Gasteiger partial charge in [-0.25, -0.2) is 0 Å². The van der Waals surface area contributed by atoms with Crippen LogP contribution in [0.3, 0.4) is 0 Å². The molecule has 1 aromatic carbocycles. The molecule has 0 radical (unpaired) electrons. The lowest BCUT2D eigenvalue weighted by Crippen LogP contribution is -2.27. The van der Waals surface area contributed by atoms with Crippen molar-refractivity contribution in [2.75, 3.05) is 5.32 Å². The molecule has 5 nitrogen and oxygen atoms in total. The Morgan fingerprint density at radius 3 is 2.48 bits per heavy atom. The molecule has 0 unspecified atom stereocenters. The summed E-state index contributed by atoms with van der Waals surface area (Å²) in [6.07, 6.45) is 2.24. The van der Waals surface area contributed by atoms with Gasteiger partial charge in [0.15, 0.2) is 5.76 Å². The van der Waals surface area contributed by atoms with Gasteiger partial charge in [-0.3, -0.25) is 9.59 Å². The minimum atomic E-state index is -0.334. The van der Waals surface area contributed by atoms with Crippen molar-refractivity contribution in [3.05, 3.63) is 76.1 Å². The maximum atomic E-state index is 12.8. The molecule has 0 aliphatic rings. The molecule has 2 aromatic heterocycles. The summed E-state index contributed by atoms with van der Waals surface area (Å²) in [5, 5.41) is 6.48. The predicted octanol–water partition coefficient (Wildman–Crippen LogP) is 5.09. The number of benzene rings is 1. The summed E-state index contributed by atoms with van der Waals surface area (Å²) in [7, 11) is 0. The fourth-order valence-corrected chi connectivity index (χ4v) is 3.76. The van der Waals surface area contributed by atoms with E-state index in [2.05, 4.69) is 10.6 Å². The Bertz CT molecular complexity index is 927. The summed E-state index contributed by atoms with van der Waals surface area (Å²) in [6.45, 7) is 5.94. The molecule has 0 saturated heterocycles. The standard InChI is InChI=1S/C21H22N2O3S/c1-4-16(15-9-7-13(2)8-10-15)22-21(25)19-14(3)12-18(27-19)23-20(24)17-6-5-11-26-17/h5-12,16H,4H2,1-3H3,(H,22,25)(H,23,24)/t16-/m0/s1. The van der Waals surface area contributed by atoms with Gasteiger partial charge in [0.2, 0.25) is 0 Å². The SMILES string of the molecule is CC[C@H](NC(=O)c1sc(NC(=O)c2ccco2)cc1C)c1ccc(C)cc1. The molecule has 0 spiro atoms. The third-order valence-corrected chi connectivity index (χ3v) is 5.45. The molecule has 3 aromatic rings. The predicted molar refractivity (Wildman–Crippen MR) is 107 cm³/mol. The Morgan fingerprint density at radius 2 is 1.85 bits per heavy atom. The molecule has 140 valence electrons. The lowest BCUT2D eigenvalue weighted by molar-refractivity contribution is 0.0938. The number of hydrogen-bond acceptors (Lipinski definition) is 4. The second-order valence-electron chi connectivity index (χ2n) is 6.40. The molecule has 0 aliphatic heterocycles. The van der Waals surface area contributed by atoms with Crippen LogP contribution >= 0.6 is 11.3 Å². The second kappa shape index (κ2) is 8.22. The van der Waals surface area contributed by atoms with Gasteiger partial charge in [0.05, 0.1) is 22.2 Å². The van der Waals surface area contributed by atoms with E-state index >= 15 is 0 Å². The topological polar surface area (TPSA) is 71.3 Å². The normalized spacial score (nSPS) is 11.8. The van der Waals surface area contributed by atoms with Crippen molar-refractivity contribution in [3.8, 4) is 0 Å². The Labute approximate surface area is 162 Å². The fraction of sp³-hybridized carbons (Fsp3) is 0.238. The smallest absolute Gasteiger partial charge is 0.291 e. The van der Waals surface area contributed by atoms with Crippen molar-refractivity contribution in [3.63, 3.8) is 0 Å². The molecule has 0 saturated carbocycles. The van der Waals surface area contributed by atoms with E-state index < -0.39 is 0 Å². The first-order valence-electron chi connectivity index (χ1n) is 8.80. The molecule has 2 amide bonds. The lowest BCUT2D eigenvalue weighted by Gasteiger charge is -2.17. The first-order chi connectivity index (χ1) is 13.0. The molecule has 3 rings (SSSR count). The maximum Gasteiger partial charge on any atom is 0.291 e. The number of furan rings is 1. The van der Waals surface area contributed by atoms with E-state index in [1.165, 1.54) is 23.2 Å². The minimum absolute atomic E-state index is 0.0549. The van der Waals surface area contributed by atoms with Crippen LogP contribution in [0.4, 0.5) is 5.00 Å². The molecular weight excluding hydrogens is 360 g/mol. The number of rotatable bonds is 6. The van der Waals surface area contributed by atoms with Gasteiger partial charge in [-0.2, -0.15) is 0 Å². The Hall–Kier alpha value is -2.86. The van der Waals surface area contributed by atoms with Crippen LogP contribution in [0, 0.1) is 13.8 Å². The van der Waals surface area contributed by atoms with Crippen LogP contribution in [0.15, 0.2) is 53.1 Å². The zero-order valence-corrected chi connectivity index (χ0v) is 16.4. The van der Waals surface area contributed by atoms with Crippen LogP contribution in [0.2, 0.25) is 0 Å². The summed E-state index contributed by atoms with van der Waals surface area (Å²) < 4.78 is 5.09. The van der Waals surface area contributed by atoms with Gasteiger partial charge >= 0.3 is 0 Å². The monoisotopic (exact) mass is 382 g/mol.